The molecule has 5 nitrogen and oxygen atoms in total. The van der Waals surface area contributed by atoms with E-state index in [1.165, 1.54) is 19.2 Å². The zero-order valence-corrected chi connectivity index (χ0v) is 15.8. The lowest BCUT2D eigenvalue weighted by Crippen LogP contribution is -2.32. The van der Waals surface area contributed by atoms with Crippen molar-refractivity contribution in [2.24, 2.45) is 0 Å². The fraction of sp³-hybridized carbons (Fsp3) is 0.368. The van der Waals surface area contributed by atoms with Crippen LogP contribution in [0.1, 0.15) is 32.3 Å². The lowest BCUT2D eigenvalue weighted by Gasteiger charge is -2.30. The third-order valence-corrected chi connectivity index (χ3v) is 4.18. The Morgan fingerprint density at radius 3 is 2.69 bits per heavy atom. The largest absolute Gasteiger partial charge is 0.460 e. The summed E-state index contributed by atoms with van der Waals surface area (Å²) in [4.78, 5) is 16.4. The number of carbonyl (C=O) groups is 1. The molecule has 2 rings (SSSR count). The Morgan fingerprint density at radius 1 is 1.46 bits per heavy atom. The van der Waals surface area contributed by atoms with Gasteiger partial charge in [0.25, 0.3) is 0 Å². The zero-order chi connectivity index (χ0) is 19.4. The summed E-state index contributed by atoms with van der Waals surface area (Å²) in [7, 11) is 1.50. The summed E-state index contributed by atoms with van der Waals surface area (Å²) < 4.78 is 24.1. The third-order valence-electron chi connectivity index (χ3n) is 3.86. The van der Waals surface area contributed by atoms with Gasteiger partial charge in [-0.05, 0) is 38.5 Å². The highest BCUT2D eigenvalue weighted by atomic mass is 35.5. The van der Waals surface area contributed by atoms with Crippen molar-refractivity contribution < 1.29 is 18.7 Å². The molecule has 1 unspecified atom stereocenters. The lowest BCUT2D eigenvalue weighted by molar-refractivity contribution is -0.143. The molecule has 26 heavy (non-hydrogen) atoms. The smallest absolute Gasteiger partial charge is 0.335 e. The van der Waals surface area contributed by atoms with Gasteiger partial charge in [-0.1, -0.05) is 17.7 Å². The molecule has 0 radical (unpaired) electrons. The van der Waals surface area contributed by atoms with E-state index in [2.05, 4.69) is 10.2 Å². The highest BCUT2D eigenvalue weighted by molar-refractivity contribution is 6.31. The fourth-order valence-corrected chi connectivity index (χ4v) is 3.13. The molecule has 1 aliphatic rings. The number of benzene rings is 1. The number of halogens is 2. The van der Waals surface area contributed by atoms with E-state index in [0.29, 0.717) is 22.7 Å². The van der Waals surface area contributed by atoms with Gasteiger partial charge in [-0.3, -0.25) is 0 Å². The topological polar surface area (TPSA) is 51.9 Å². The Balaban J connectivity index is 2.70. The van der Waals surface area contributed by atoms with Gasteiger partial charge < -0.3 is 14.8 Å². The van der Waals surface area contributed by atoms with Crippen LogP contribution in [0.15, 0.2) is 40.9 Å². The summed E-state index contributed by atoms with van der Waals surface area (Å²) in [5.74, 6) is -1.83. The minimum atomic E-state index is -0.766. The van der Waals surface area contributed by atoms with Gasteiger partial charge in [0.1, 0.15) is 5.82 Å². The Bertz CT molecular complexity index is 825. The number of methoxy groups -OCH3 is 1. The van der Waals surface area contributed by atoms with Crippen molar-refractivity contribution in [1.82, 2.24) is 5.32 Å². The van der Waals surface area contributed by atoms with Crippen LogP contribution in [0.5, 0.6) is 0 Å². The number of esters is 1. The Morgan fingerprint density at radius 2 is 2.15 bits per heavy atom. The number of nitrogens with one attached hydrogen (secondary N) is 1. The second kappa shape index (κ2) is 8.35. The van der Waals surface area contributed by atoms with Gasteiger partial charge in [0, 0.05) is 17.8 Å². The minimum absolute atomic E-state index is 0.125. The summed E-state index contributed by atoms with van der Waals surface area (Å²) in [6.07, 6.45) is -0.341. The summed E-state index contributed by atoms with van der Waals surface area (Å²) in [6.45, 7) is 12.9. The first-order valence-electron chi connectivity index (χ1n) is 8.03. The molecule has 0 aliphatic carbocycles. The predicted octanol–water partition coefficient (Wildman–Crippen LogP) is 4.17. The summed E-state index contributed by atoms with van der Waals surface area (Å²) in [6, 6.07) is 3.90. The first-order chi connectivity index (χ1) is 12.3. The third kappa shape index (κ3) is 4.06. The van der Waals surface area contributed by atoms with Crippen LogP contribution in [0, 0.1) is 12.4 Å². The van der Waals surface area contributed by atoms with Crippen molar-refractivity contribution in [2.75, 3.05) is 13.7 Å². The quantitative estimate of drug-likeness (QED) is 0.617. The maximum absolute atomic E-state index is 13.5. The summed E-state index contributed by atoms with van der Waals surface area (Å²) in [5, 5.41) is 3.19. The molecule has 0 bridgehead atoms. The van der Waals surface area contributed by atoms with Crippen molar-refractivity contribution in [3.8, 4) is 0 Å². The Labute approximate surface area is 157 Å². The van der Waals surface area contributed by atoms with E-state index in [4.69, 9.17) is 27.6 Å². The van der Waals surface area contributed by atoms with E-state index in [9.17, 15) is 9.18 Å². The van der Waals surface area contributed by atoms with Gasteiger partial charge >= 0.3 is 5.97 Å². The van der Waals surface area contributed by atoms with E-state index in [0.717, 1.165) is 6.07 Å². The molecular formula is C19H20ClFN2O3. The molecule has 7 heteroatoms. The van der Waals surface area contributed by atoms with Gasteiger partial charge in [0.05, 0.1) is 36.5 Å². The van der Waals surface area contributed by atoms with Gasteiger partial charge in [0.2, 0.25) is 0 Å². The molecule has 0 spiro atoms. The standard InChI is InChI=1S/C19H20ClFN2O3/c1-10(2)26-19(24)17-15(9-25-5)23-11(3)18(22-4)16(17)13-7-6-12(21)8-14(13)20/h6-8,10,16,23H,9H2,1-3,5H3. The average molecular weight is 379 g/mol. The minimum Gasteiger partial charge on any atom is -0.460 e. The fourth-order valence-electron chi connectivity index (χ4n) is 2.85. The molecule has 0 amide bonds. The first-order valence-corrected chi connectivity index (χ1v) is 8.41. The molecular weight excluding hydrogens is 359 g/mol. The second-order valence-electron chi connectivity index (χ2n) is 6.13. The van der Waals surface area contributed by atoms with Crippen LogP contribution in [0.4, 0.5) is 4.39 Å². The summed E-state index contributed by atoms with van der Waals surface area (Å²) >= 11 is 6.24. The van der Waals surface area contributed by atoms with Crippen LogP contribution in [-0.2, 0) is 14.3 Å². The van der Waals surface area contributed by atoms with Crippen LogP contribution >= 0.6 is 11.6 Å². The maximum atomic E-state index is 13.5. The lowest BCUT2D eigenvalue weighted by atomic mass is 9.84. The van der Waals surface area contributed by atoms with Gasteiger partial charge in [-0.25, -0.2) is 14.0 Å². The van der Waals surface area contributed by atoms with Crippen molar-refractivity contribution in [2.45, 2.75) is 32.8 Å². The van der Waals surface area contributed by atoms with E-state index < -0.39 is 17.7 Å². The molecule has 0 fully saturated rings. The molecule has 1 heterocycles. The SMILES string of the molecule is [C-]#[N+]C1=C(C)NC(COC)=C(C(=O)OC(C)C)C1c1ccc(F)cc1Cl. The van der Waals surface area contributed by atoms with Gasteiger partial charge in [0.15, 0.2) is 5.70 Å². The zero-order valence-electron chi connectivity index (χ0n) is 15.0. The highest BCUT2D eigenvalue weighted by Crippen LogP contribution is 2.42. The van der Waals surface area contributed by atoms with Crippen LogP contribution in [0.25, 0.3) is 4.85 Å². The maximum Gasteiger partial charge on any atom is 0.335 e. The molecule has 1 atom stereocenters. The first kappa shape index (κ1) is 20.0. The average Bonchev–Trinajstić information content (AvgIpc) is 2.54. The molecule has 1 aliphatic heterocycles. The van der Waals surface area contributed by atoms with Crippen LogP contribution in [0.2, 0.25) is 5.02 Å². The monoisotopic (exact) mass is 378 g/mol. The van der Waals surface area contributed by atoms with Crippen molar-refractivity contribution in [3.05, 3.63) is 68.7 Å². The van der Waals surface area contributed by atoms with E-state index in [-0.39, 0.29) is 23.3 Å². The van der Waals surface area contributed by atoms with Crippen molar-refractivity contribution in [3.63, 3.8) is 0 Å². The van der Waals surface area contributed by atoms with Crippen LogP contribution in [-0.4, -0.2) is 25.8 Å². The molecule has 0 saturated heterocycles. The summed E-state index contributed by atoms with van der Waals surface area (Å²) in [5.41, 5.74) is 2.08. The molecule has 0 aromatic heterocycles. The Hall–Kier alpha value is -2.36. The molecule has 1 N–H and O–H groups in total. The highest BCUT2D eigenvalue weighted by Gasteiger charge is 2.37. The van der Waals surface area contributed by atoms with Crippen molar-refractivity contribution in [1.29, 1.82) is 0 Å². The van der Waals surface area contributed by atoms with E-state index in [1.54, 1.807) is 20.8 Å². The number of hydrogen-bond donors (Lipinski definition) is 1. The number of carbonyl (C=O) groups excluding carboxylic acids is 1. The normalized spacial score (nSPS) is 17.2. The number of rotatable bonds is 5. The second-order valence-corrected chi connectivity index (χ2v) is 6.53. The molecule has 138 valence electrons. The number of dihydropyridines is 1. The molecule has 1 aromatic carbocycles. The Kier molecular flexibility index (Phi) is 6.41. The van der Waals surface area contributed by atoms with Gasteiger partial charge in [-0.2, -0.15) is 0 Å². The number of allylic oxidation sites excluding steroid dienone is 2. The number of hydrogen-bond acceptors (Lipinski definition) is 4. The predicted molar refractivity (Wildman–Crippen MR) is 96.7 cm³/mol. The van der Waals surface area contributed by atoms with Gasteiger partial charge in [-0.15, -0.1) is 0 Å². The van der Waals surface area contributed by atoms with E-state index >= 15 is 0 Å². The van der Waals surface area contributed by atoms with Crippen molar-refractivity contribution >= 4 is 17.6 Å². The number of ether oxygens (including phenoxy) is 2. The van der Waals surface area contributed by atoms with Crippen LogP contribution < -0.4 is 5.32 Å². The molecule has 1 aromatic rings. The van der Waals surface area contributed by atoms with Crippen LogP contribution in [0.3, 0.4) is 0 Å². The van der Waals surface area contributed by atoms with E-state index in [1.807, 2.05) is 0 Å². The molecule has 0 saturated carbocycles. The number of nitrogens with zero attached hydrogens (tertiary/aromatic N) is 1.